The Kier molecular flexibility index (Phi) is 4.76. The highest BCUT2D eigenvalue weighted by Crippen LogP contribution is 2.48. The topological polar surface area (TPSA) is 60.7 Å². The van der Waals surface area contributed by atoms with Crippen molar-refractivity contribution in [3.05, 3.63) is 23.8 Å². The van der Waals surface area contributed by atoms with Gasteiger partial charge >= 0.3 is 0 Å². The molecule has 0 saturated heterocycles. The second kappa shape index (κ2) is 5.55. The summed E-state index contributed by atoms with van der Waals surface area (Å²) < 4.78 is 0. The van der Waals surface area contributed by atoms with Gasteiger partial charge < -0.3 is 15.3 Å². The summed E-state index contributed by atoms with van der Waals surface area (Å²) in [7, 11) is 0. The molecule has 0 aromatic heterocycles. The Morgan fingerprint density at radius 2 is 2.00 bits per heavy atom. The first-order valence-corrected chi connectivity index (χ1v) is 6.60. The van der Waals surface area contributed by atoms with Crippen molar-refractivity contribution >= 4 is 0 Å². The van der Waals surface area contributed by atoms with Gasteiger partial charge in [-0.3, -0.25) is 0 Å². The molecule has 1 rings (SSSR count). The summed E-state index contributed by atoms with van der Waals surface area (Å²) in [4.78, 5) is 0. The van der Waals surface area contributed by atoms with Gasteiger partial charge in [0, 0.05) is 0 Å². The minimum atomic E-state index is -0.920. The predicted octanol–water partition coefficient (Wildman–Crippen LogP) is 2.03. The number of hydrogen-bond acceptors (Lipinski definition) is 3. The van der Waals surface area contributed by atoms with Gasteiger partial charge in [0.25, 0.3) is 0 Å². The Morgan fingerprint density at radius 1 is 1.39 bits per heavy atom. The van der Waals surface area contributed by atoms with Crippen molar-refractivity contribution in [1.82, 2.24) is 0 Å². The molecule has 0 radical (unpaired) electrons. The van der Waals surface area contributed by atoms with Crippen molar-refractivity contribution in [2.45, 2.75) is 52.2 Å². The number of hydrogen-bond donors (Lipinski definition) is 3. The first-order chi connectivity index (χ1) is 8.23. The highest BCUT2D eigenvalue weighted by Gasteiger charge is 2.50. The van der Waals surface area contributed by atoms with Crippen molar-refractivity contribution in [2.24, 2.45) is 11.3 Å². The molecule has 3 unspecified atom stereocenters. The van der Waals surface area contributed by atoms with Crippen LogP contribution in [0.5, 0.6) is 0 Å². The molecule has 1 aliphatic rings. The summed E-state index contributed by atoms with van der Waals surface area (Å²) in [5.74, 6) is 0.00873. The Balaban J connectivity index is 2.98. The van der Waals surface area contributed by atoms with Gasteiger partial charge in [0.1, 0.15) is 0 Å². The average Bonchev–Trinajstić information content (AvgIpc) is 2.23. The van der Waals surface area contributed by atoms with Crippen molar-refractivity contribution in [3.8, 4) is 0 Å². The zero-order valence-electron chi connectivity index (χ0n) is 11.8. The molecular weight excluding hydrogens is 228 g/mol. The molecule has 0 heterocycles. The molecule has 0 aromatic carbocycles. The fourth-order valence-electron chi connectivity index (χ4n) is 2.95. The molecule has 0 spiro atoms. The second-order valence-electron chi connectivity index (χ2n) is 6.17. The van der Waals surface area contributed by atoms with E-state index in [4.69, 9.17) is 5.11 Å². The van der Waals surface area contributed by atoms with E-state index in [1.165, 1.54) is 0 Å². The molecule has 0 aliphatic heterocycles. The molecule has 3 nitrogen and oxygen atoms in total. The van der Waals surface area contributed by atoms with Crippen LogP contribution in [0.15, 0.2) is 23.8 Å². The lowest BCUT2D eigenvalue weighted by Crippen LogP contribution is -2.54. The average molecular weight is 254 g/mol. The number of allylic oxidation sites excluding steroid dienone is 2. The van der Waals surface area contributed by atoms with Gasteiger partial charge in [-0.2, -0.15) is 0 Å². The van der Waals surface area contributed by atoms with E-state index in [9.17, 15) is 10.2 Å². The number of aliphatic hydroxyl groups excluding tert-OH is 2. The monoisotopic (exact) mass is 254 g/mol. The Morgan fingerprint density at radius 3 is 2.50 bits per heavy atom. The minimum Gasteiger partial charge on any atom is -0.393 e. The van der Waals surface area contributed by atoms with E-state index in [-0.39, 0.29) is 24.0 Å². The highest BCUT2D eigenvalue weighted by atomic mass is 16.3. The molecule has 104 valence electrons. The first kappa shape index (κ1) is 15.4. The van der Waals surface area contributed by atoms with E-state index in [0.29, 0.717) is 12.8 Å². The van der Waals surface area contributed by atoms with E-state index < -0.39 is 5.60 Å². The van der Waals surface area contributed by atoms with Crippen molar-refractivity contribution in [2.75, 3.05) is 6.61 Å². The molecule has 3 heteroatoms. The lowest BCUT2D eigenvalue weighted by Gasteiger charge is -2.50. The fourth-order valence-corrected chi connectivity index (χ4v) is 2.95. The van der Waals surface area contributed by atoms with Crippen molar-refractivity contribution < 1.29 is 15.3 Å². The SMILES string of the molecule is CC(C=CC1(O)C(C)CC(O)CC1(C)C)=CCO. The van der Waals surface area contributed by atoms with Gasteiger partial charge in [-0.25, -0.2) is 0 Å². The lowest BCUT2D eigenvalue weighted by atomic mass is 9.60. The van der Waals surface area contributed by atoms with Gasteiger partial charge in [0.15, 0.2) is 0 Å². The molecule has 1 fully saturated rings. The maximum atomic E-state index is 10.9. The first-order valence-electron chi connectivity index (χ1n) is 6.60. The van der Waals surface area contributed by atoms with Crippen LogP contribution < -0.4 is 0 Å². The normalized spacial score (nSPS) is 37.2. The number of aliphatic hydroxyl groups is 3. The Labute approximate surface area is 110 Å². The van der Waals surface area contributed by atoms with Crippen LogP contribution in [-0.2, 0) is 0 Å². The highest BCUT2D eigenvalue weighted by molar-refractivity contribution is 5.23. The zero-order valence-corrected chi connectivity index (χ0v) is 11.8. The molecule has 3 atom stereocenters. The third-order valence-electron chi connectivity index (χ3n) is 4.22. The minimum absolute atomic E-state index is 0.00621. The van der Waals surface area contributed by atoms with Gasteiger partial charge in [-0.1, -0.05) is 44.6 Å². The maximum Gasteiger partial charge on any atom is 0.0908 e. The molecular formula is C15H26O3. The van der Waals surface area contributed by atoms with Crippen LogP contribution in [0.25, 0.3) is 0 Å². The third kappa shape index (κ3) is 3.02. The second-order valence-corrected chi connectivity index (χ2v) is 6.17. The molecule has 1 aliphatic carbocycles. The largest absolute Gasteiger partial charge is 0.393 e. The van der Waals surface area contributed by atoms with E-state index in [1.54, 1.807) is 6.08 Å². The molecule has 0 aromatic rings. The van der Waals surface area contributed by atoms with Gasteiger partial charge in [0.05, 0.1) is 18.3 Å². The van der Waals surface area contributed by atoms with Gasteiger partial charge in [-0.05, 0) is 31.1 Å². The van der Waals surface area contributed by atoms with Crippen LogP contribution in [0.3, 0.4) is 0 Å². The van der Waals surface area contributed by atoms with Crippen LogP contribution in [0.4, 0.5) is 0 Å². The summed E-state index contributed by atoms with van der Waals surface area (Å²) in [6.45, 7) is 7.85. The standard InChI is InChI=1S/C15H26O3/c1-11(6-8-16)5-7-15(18)12(2)9-13(17)10-14(15,3)4/h5-7,12-13,16-18H,8-10H2,1-4H3. The van der Waals surface area contributed by atoms with E-state index in [0.717, 1.165) is 5.57 Å². The molecule has 0 amide bonds. The summed E-state index contributed by atoms with van der Waals surface area (Å²) in [6.07, 6.45) is 6.26. The molecule has 0 bridgehead atoms. The maximum absolute atomic E-state index is 10.9. The predicted molar refractivity (Wildman–Crippen MR) is 73.1 cm³/mol. The van der Waals surface area contributed by atoms with Gasteiger partial charge in [-0.15, -0.1) is 0 Å². The van der Waals surface area contributed by atoms with Crippen LogP contribution >= 0.6 is 0 Å². The zero-order chi connectivity index (χ0) is 14.0. The summed E-state index contributed by atoms with van der Waals surface area (Å²) >= 11 is 0. The number of rotatable bonds is 3. The van der Waals surface area contributed by atoms with Crippen molar-refractivity contribution in [3.63, 3.8) is 0 Å². The Bertz CT molecular complexity index is 344. The van der Waals surface area contributed by atoms with Crippen LogP contribution in [0.2, 0.25) is 0 Å². The van der Waals surface area contributed by atoms with Crippen LogP contribution in [-0.4, -0.2) is 33.6 Å². The fraction of sp³-hybridized carbons (Fsp3) is 0.733. The molecule has 3 N–H and O–H groups in total. The van der Waals surface area contributed by atoms with Crippen LogP contribution in [0.1, 0.15) is 40.5 Å². The molecule has 1 saturated carbocycles. The Hall–Kier alpha value is -0.640. The smallest absolute Gasteiger partial charge is 0.0908 e. The van der Waals surface area contributed by atoms with Crippen LogP contribution in [0, 0.1) is 11.3 Å². The molecule has 18 heavy (non-hydrogen) atoms. The quantitative estimate of drug-likeness (QED) is 0.675. The van der Waals surface area contributed by atoms with E-state index >= 15 is 0 Å². The van der Waals surface area contributed by atoms with Gasteiger partial charge in [0.2, 0.25) is 0 Å². The summed E-state index contributed by atoms with van der Waals surface area (Å²) in [6, 6.07) is 0. The lowest BCUT2D eigenvalue weighted by molar-refractivity contribution is -0.127. The van der Waals surface area contributed by atoms with E-state index in [1.807, 2.05) is 39.8 Å². The van der Waals surface area contributed by atoms with E-state index in [2.05, 4.69) is 0 Å². The van der Waals surface area contributed by atoms with Crippen molar-refractivity contribution in [1.29, 1.82) is 0 Å². The third-order valence-corrected chi connectivity index (χ3v) is 4.22. The summed E-state index contributed by atoms with van der Waals surface area (Å²) in [5.41, 5.74) is -0.350. The summed E-state index contributed by atoms with van der Waals surface area (Å²) in [5, 5.41) is 29.6.